The van der Waals surface area contributed by atoms with Crippen LogP contribution in [-0.4, -0.2) is 16.6 Å². The van der Waals surface area contributed by atoms with Crippen LogP contribution < -0.4 is 5.32 Å². The molecule has 1 aromatic heterocycles. The van der Waals surface area contributed by atoms with E-state index in [1.54, 1.807) is 11.5 Å². The van der Waals surface area contributed by atoms with Crippen molar-refractivity contribution < 1.29 is 0 Å². The van der Waals surface area contributed by atoms with E-state index in [4.69, 9.17) is 0 Å². The fourth-order valence-corrected chi connectivity index (χ4v) is 4.07. The number of rotatable bonds is 4. The number of hydrogen-bond donors (Lipinski definition) is 1. The third kappa shape index (κ3) is 2.68. The maximum atomic E-state index is 4.16. The minimum Gasteiger partial charge on any atom is -0.312 e. The molecule has 4 heteroatoms. The summed E-state index contributed by atoms with van der Waals surface area (Å²) < 4.78 is 4.09. The van der Waals surface area contributed by atoms with Crippen molar-refractivity contribution >= 4 is 11.5 Å². The molecule has 0 aliphatic heterocycles. The molecule has 0 amide bonds. The Labute approximate surface area is 108 Å². The van der Waals surface area contributed by atoms with E-state index in [0.717, 1.165) is 17.5 Å². The van der Waals surface area contributed by atoms with Crippen molar-refractivity contribution in [2.24, 2.45) is 11.8 Å². The van der Waals surface area contributed by atoms with E-state index < -0.39 is 0 Å². The zero-order chi connectivity index (χ0) is 12.3. The first-order valence-corrected chi connectivity index (χ1v) is 7.51. The van der Waals surface area contributed by atoms with Crippen LogP contribution in [0, 0.1) is 18.8 Å². The molecular weight excluding hydrogens is 230 g/mol. The zero-order valence-electron chi connectivity index (χ0n) is 11.1. The van der Waals surface area contributed by atoms with Gasteiger partial charge in [-0.15, -0.1) is 5.10 Å². The first kappa shape index (κ1) is 13.0. The second-order valence-corrected chi connectivity index (χ2v) is 5.89. The lowest BCUT2D eigenvalue weighted by Crippen LogP contribution is -2.32. The lowest BCUT2D eigenvalue weighted by Gasteiger charge is -2.36. The highest BCUT2D eigenvalue weighted by Crippen LogP contribution is 2.41. The van der Waals surface area contributed by atoms with Crippen LogP contribution in [0.1, 0.15) is 55.6 Å². The summed E-state index contributed by atoms with van der Waals surface area (Å²) >= 11 is 1.56. The van der Waals surface area contributed by atoms with E-state index >= 15 is 0 Å². The van der Waals surface area contributed by atoms with Crippen LogP contribution in [0.15, 0.2) is 0 Å². The van der Waals surface area contributed by atoms with Gasteiger partial charge < -0.3 is 5.32 Å². The number of nitrogens with zero attached hydrogens (tertiary/aromatic N) is 2. The summed E-state index contributed by atoms with van der Waals surface area (Å²) in [7, 11) is 2.07. The second-order valence-electron chi connectivity index (χ2n) is 5.11. The monoisotopic (exact) mass is 253 g/mol. The number of aromatic nitrogens is 2. The molecule has 3 nitrogen and oxygen atoms in total. The summed E-state index contributed by atoms with van der Waals surface area (Å²) in [6.45, 7) is 4.40. The van der Waals surface area contributed by atoms with Crippen molar-refractivity contribution in [3.8, 4) is 0 Å². The van der Waals surface area contributed by atoms with E-state index in [1.807, 2.05) is 0 Å². The Morgan fingerprint density at radius 3 is 2.76 bits per heavy atom. The molecule has 96 valence electrons. The summed E-state index contributed by atoms with van der Waals surface area (Å²) in [6, 6.07) is 0.459. The minimum absolute atomic E-state index is 0.459. The molecule has 2 rings (SSSR count). The van der Waals surface area contributed by atoms with Crippen LogP contribution in [0.3, 0.4) is 0 Å². The average Bonchev–Trinajstić information content (AvgIpc) is 2.78. The molecule has 1 aliphatic rings. The van der Waals surface area contributed by atoms with Gasteiger partial charge in [-0.3, -0.25) is 0 Å². The predicted octanol–water partition coefficient (Wildman–Crippen LogP) is 3.32. The molecule has 0 aromatic carbocycles. The highest BCUT2D eigenvalue weighted by molar-refractivity contribution is 7.05. The first-order valence-electron chi connectivity index (χ1n) is 6.74. The van der Waals surface area contributed by atoms with Gasteiger partial charge in [0.05, 0.1) is 10.6 Å². The highest BCUT2D eigenvalue weighted by Gasteiger charge is 2.32. The lowest BCUT2D eigenvalue weighted by atomic mass is 9.73. The van der Waals surface area contributed by atoms with Crippen molar-refractivity contribution in [1.29, 1.82) is 0 Å². The zero-order valence-corrected chi connectivity index (χ0v) is 11.9. The van der Waals surface area contributed by atoms with Gasteiger partial charge in [0.15, 0.2) is 0 Å². The Morgan fingerprint density at radius 2 is 2.18 bits per heavy atom. The highest BCUT2D eigenvalue weighted by atomic mass is 32.1. The quantitative estimate of drug-likeness (QED) is 0.894. The SMILES string of the molecule is CCC1CCCCC1C(NC)c1snnc1C. The molecule has 17 heavy (non-hydrogen) atoms. The third-order valence-corrected chi connectivity index (χ3v) is 5.11. The van der Waals surface area contributed by atoms with Gasteiger partial charge in [0.1, 0.15) is 0 Å². The minimum atomic E-state index is 0.459. The third-order valence-electron chi connectivity index (χ3n) is 4.20. The Kier molecular flexibility index (Phi) is 4.51. The molecule has 1 N–H and O–H groups in total. The molecular formula is C13H23N3S. The molecule has 3 atom stereocenters. The summed E-state index contributed by atoms with van der Waals surface area (Å²) in [5, 5.41) is 7.67. The second kappa shape index (κ2) is 5.91. The molecule has 1 aromatic rings. The molecule has 1 aliphatic carbocycles. The maximum Gasteiger partial charge on any atom is 0.0772 e. The van der Waals surface area contributed by atoms with Gasteiger partial charge in [-0.05, 0) is 43.8 Å². The van der Waals surface area contributed by atoms with E-state index in [0.29, 0.717) is 6.04 Å². The normalized spacial score (nSPS) is 27.0. The maximum absolute atomic E-state index is 4.16. The van der Waals surface area contributed by atoms with Crippen molar-refractivity contribution in [2.45, 2.75) is 52.0 Å². The standard InChI is InChI=1S/C13H23N3S/c1-4-10-7-5-6-8-11(10)12(14-3)13-9(2)15-16-17-13/h10-12,14H,4-8H2,1-3H3. The fourth-order valence-electron chi connectivity index (χ4n) is 3.24. The van der Waals surface area contributed by atoms with Gasteiger partial charge in [0.25, 0.3) is 0 Å². The number of hydrogen-bond acceptors (Lipinski definition) is 4. The van der Waals surface area contributed by atoms with E-state index in [1.165, 1.54) is 37.0 Å². The van der Waals surface area contributed by atoms with Crippen molar-refractivity contribution in [2.75, 3.05) is 7.05 Å². The largest absolute Gasteiger partial charge is 0.312 e. The molecule has 1 fully saturated rings. The Morgan fingerprint density at radius 1 is 1.41 bits per heavy atom. The van der Waals surface area contributed by atoms with Crippen LogP contribution in [0.2, 0.25) is 0 Å². The predicted molar refractivity (Wildman–Crippen MR) is 72.2 cm³/mol. The van der Waals surface area contributed by atoms with Crippen molar-refractivity contribution in [3.63, 3.8) is 0 Å². The Hall–Kier alpha value is -0.480. The van der Waals surface area contributed by atoms with Gasteiger partial charge in [-0.25, -0.2) is 0 Å². The molecule has 0 spiro atoms. The van der Waals surface area contributed by atoms with Gasteiger partial charge in [-0.2, -0.15) is 0 Å². The van der Waals surface area contributed by atoms with Gasteiger partial charge >= 0.3 is 0 Å². The van der Waals surface area contributed by atoms with Gasteiger partial charge in [0, 0.05) is 6.04 Å². The van der Waals surface area contributed by atoms with Gasteiger partial charge in [-0.1, -0.05) is 37.1 Å². The number of aryl methyl sites for hydroxylation is 1. The van der Waals surface area contributed by atoms with Crippen LogP contribution in [0.25, 0.3) is 0 Å². The molecule has 0 radical (unpaired) electrons. The summed E-state index contributed by atoms with van der Waals surface area (Å²) in [5.74, 6) is 1.63. The molecule has 1 saturated carbocycles. The van der Waals surface area contributed by atoms with E-state index in [2.05, 4.69) is 35.8 Å². The van der Waals surface area contributed by atoms with Crippen LogP contribution in [-0.2, 0) is 0 Å². The van der Waals surface area contributed by atoms with E-state index in [-0.39, 0.29) is 0 Å². The first-order chi connectivity index (χ1) is 8.27. The van der Waals surface area contributed by atoms with Crippen molar-refractivity contribution in [3.05, 3.63) is 10.6 Å². The average molecular weight is 253 g/mol. The molecule has 0 bridgehead atoms. The molecule has 0 saturated heterocycles. The number of nitrogens with one attached hydrogen (secondary N) is 1. The van der Waals surface area contributed by atoms with E-state index in [9.17, 15) is 0 Å². The Balaban J connectivity index is 2.19. The Bertz CT molecular complexity index is 350. The van der Waals surface area contributed by atoms with Crippen LogP contribution in [0.4, 0.5) is 0 Å². The van der Waals surface area contributed by atoms with Gasteiger partial charge in [0.2, 0.25) is 0 Å². The molecule has 3 unspecified atom stereocenters. The summed E-state index contributed by atoms with van der Waals surface area (Å²) in [4.78, 5) is 1.35. The van der Waals surface area contributed by atoms with Crippen LogP contribution in [0.5, 0.6) is 0 Å². The summed E-state index contributed by atoms with van der Waals surface area (Å²) in [6.07, 6.45) is 6.83. The van der Waals surface area contributed by atoms with Crippen molar-refractivity contribution in [1.82, 2.24) is 14.9 Å². The lowest BCUT2D eigenvalue weighted by molar-refractivity contribution is 0.182. The smallest absolute Gasteiger partial charge is 0.0772 e. The topological polar surface area (TPSA) is 37.8 Å². The fraction of sp³-hybridized carbons (Fsp3) is 0.846. The summed E-state index contributed by atoms with van der Waals surface area (Å²) in [5.41, 5.74) is 1.11. The van der Waals surface area contributed by atoms with Crippen LogP contribution >= 0.6 is 11.5 Å². The molecule has 1 heterocycles.